The summed E-state index contributed by atoms with van der Waals surface area (Å²) >= 11 is 0. The zero-order valence-corrected chi connectivity index (χ0v) is 11.6. The lowest BCUT2D eigenvalue weighted by Gasteiger charge is -2.20. The van der Waals surface area contributed by atoms with E-state index in [2.05, 4.69) is 5.32 Å². The molecule has 0 aliphatic rings. The predicted octanol–water partition coefficient (Wildman–Crippen LogP) is 2.48. The summed E-state index contributed by atoms with van der Waals surface area (Å²) in [5.41, 5.74) is 1.48. The fourth-order valence-corrected chi connectivity index (χ4v) is 1.95. The summed E-state index contributed by atoms with van der Waals surface area (Å²) in [6, 6.07) is 6.42. The van der Waals surface area contributed by atoms with Gasteiger partial charge in [-0.3, -0.25) is 4.79 Å². The van der Waals surface area contributed by atoms with E-state index in [9.17, 15) is 14.7 Å². The van der Waals surface area contributed by atoms with E-state index in [0.717, 1.165) is 12.0 Å². The van der Waals surface area contributed by atoms with Gasteiger partial charge in [-0.2, -0.15) is 0 Å². The summed E-state index contributed by atoms with van der Waals surface area (Å²) in [7, 11) is 0. The van der Waals surface area contributed by atoms with Crippen LogP contribution in [0.3, 0.4) is 0 Å². The molecule has 0 aromatic heterocycles. The summed E-state index contributed by atoms with van der Waals surface area (Å²) in [5.74, 6) is -1.41. The minimum absolute atomic E-state index is 0.102. The molecule has 19 heavy (non-hydrogen) atoms. The van der Waals surface area contributed by atoms with Crippen LogP contribution in [0.1, 0.15) is 43.1 Å². The molecule has 0 radical (unpaired) electrons. The van der Waals surface area contributed by atoms with Gasteiger partial charge in [-0.05, 0) is 24.0 Å². The Labute approximate surface area is 113 Å². The number of rotatable bonds is 6. The number of amides is 1. The lowest BCUT2D eigenvalue weighted by molar-refractivity contribution is -0.140. The zero-order valence-electron chi connectivity index (χ0n) is 11.6. The average Bonchev–Trinajstić information content (AvgIpc) is 2.43. The normalized spacial score (nSPS) is 13.6. The van der Waals surface area contributed by atoms with Crippen LogP contribution in [-0.2, 0) is 11.2 Å². The van der Waals surface area contributed by atoms with Gasteiger partial charge >= 0.3 is 5.97 Å². The van der Waals surface area contributed by atoms with Crippen molar-refractivity contribution in [2.45, 2.75) is 39.7 Å². The van der Waals surface area contributed by atoms with Crippen molar-refractivity contribution in [3.05, 3.63) is 35.4 Å². The van der Waals surface area contributed by atoms with Gasteiger partial charge in [0, 0.05) is 5.56 Å². The van der Waals surface area contributed by atoms with Crippen molar-refractivity contribution in [3.8, 4) is 0 Å². The maximum absolute atomic E-state index is 12.2. The third-order valence-corrected chi connectivity index (χ3v) is 3.41. The highest BCUT2D eigenvalue weighted by Crippen LogP contribution is 2.12. The van der Waals surface area contributed by atoms with E-state index in [4.69, 9.17) is 0 Å². The van der Waals surface area contributed by atoms with Crippen LogP contribution in [-0.4, -0.2) is 23.0 Å². The third kappa shape index (κ3) is 3.81. The van der Waals surface area contributed by atoms with Gasteiger partial charge in [-0.15, -0.1) is 0 Å². The highest BCUT2D eigenvalue weighted by Gasteiger charge is 2.26. The molecule has 0 bridgehead atoms. The van der Waals surface area contributed by atoms with Gasteiger partial charge in [0.05, 0.1) is 0 Å². The first-order valence-electron chi connectivity index (χ1n) is 6.62. The molecule has 0 saturated carbocycles. The molecule has 0 aliphatic heterocycles. The lowest BCUT2D eigenvalue weighted by Crippen LogP contribution is -2.45. The number of aliphatic carboxylic acids is 1. The Morgan fingerprint density at radius 2 is 1.89 bits per heavy atom. The summed E-state index contributed by atoms with van der Waals surface area (Å²) < 4.78 is 0. The Bertz CT molecular complexity index is 456. The van der Waals surface area contributed by atoms with E-state index in [1.54, 1.807) is 12.1 Å². The van der Waals surface area contributed by atoms with Gasteiger partial charge in [-0.1, -0.05) is 45.4 Å². The van der Waals surface area contributed by atoms with Gasteiger partial charge < -0.3 is 10.4 Å². The quantitative estimate of drug-likeness (QED) is 0.828. The molecular weight excluding hydrogens is 242 g/mol. The van der Waals surface area contributed by atoms with Crippen LogP contribution in [0.4, 0.5) is 0 Å². The monoisotopic (exact) mass is 263 g/mol. The molecule has 0 saturated heterocycles. The maximum Gasteiger partial charge on any atom is 0.326 e. The minimum Gasteiger partial charge on any atom is -0.480 e. The van der Waals surface area contributed by atoms with Crippen molar-refractivity contribution in [2.75, 3.05) is 0 Å². The molecule has 1 rings (SSSR count). The molecule has 2 unspecified atom stereocenters. The fraction of sp³-hybridized carbons (Fsp3) is 0.467. The van der Waals surface area contributed by atoms with Crippen LogP contribution < -0.4 is 5.32 Å². The largest absolute Gasteiger partial charge is 0.480 e. The van der Waals surface area contributed by atoms with Crippen LogP contribution >= 0.6 is 0 Å². The molecule has 2 N–H and O–H groups in total. The first kappa shape index (κ1) is 15.2. The van der Waals surface area contributed by atoms with Crippen LogP contribution in [0.25, 0.3) is 0 Å². The predicted molar refractivity (Wildman–Crippen MR) is 74.2 cm³/mol. The summed E-state index contributed by atoms with van der Waals surface area (Å²) in [6.45, 7) is 5.70. The molecule has 4 heteroatoms. The smallest absolute Gasteiger partial charge is 0.326 e. The Balaban J connectivity index is 2.91. The molecule has 4 nitrogen and oxygen atoms in total. The molecule has 0 heterocycles. The van der Waals surface area contributed by atoms with E-state index in [0.29, 0.717) is 12.0 Å². The van der Waals surface area contributed by atoms with Gasteiger partial charge in [0.2, 0.25) is 0 Å². The molecular formula is C15H21NO3. The number of carboxylic acids is 1. The number of aryl methyl sites for hydroxylation is 1. The maximum atomic E-state index is 12.2. The highest BCUT2D eigenvalue weighted by molar-refractivity contribution is 5.97. The van der Waals surface area contributed by atoms with Crippen LogP contribution in [0.15, 0.2) is 24.3 Å². The highest BCUT2D eigenvalue weighted by atomic mass is 16.4. The van der Waals surface area contributed by atoms with Gasteiger partial charge in [0.25, 0.3) is 5.91 Å². The van der Waals surface area contributed by atoms with Crippen LogP contribution in [0.2, 0.25) is 0 Å². The van der Waals surface area contributed by atoms with Crippen LogP contribution in [0, 0.1) is 5.92 Å². The van der Waals surface area contributed by atoms with Crippen molar-refractivity contribution in [1.29, 1.82) is 0 Å². The Kier molecular flexibility index (Phi) is 5.55. The number of nitrogens with one attached hydrogen (secondary N) is 1. The fourth-order valence-electron chi connectivity index (χ4n) is 1.95. The van der Waals surface area contributed by atoms with Gasteiger partial charge in [0.15, 0.2) is 0 Å². The van der Waals surface area contributed by atoms with Crippen molar-refractivity contribution >= 4 is 11.9 Å². The van der Waals surface area contributed by atoms with Gasteiger partial charge in [-0.25, -0.2) is 4.79 Å². The number of carboxylic acid groups (broad SMARTS) is 1. The molecule has 104 valence electrons. The number of carbonyl (C=O) groups is 2. The number of hydrogen-bond donors (Lipinski definition) is 2. The van der Waals surface area contributed by atoms with E-state index in [1.807, 2.05) is 32.9 Å². The SMILES string of the molecule is CCc1ccccc1C(=O)NC(C(=O)O)C(C)CC. The van der Waals surface area contributed by atoms with Crippen molar-refractivity contribution in [1.82, 2.24) is 5.32 Å². The number of hydrogen-bond acceptors (Lipinski definition) is 2. The van der Waals surface area contributed by atoms with E-state index < -0.39 is 12.0 Å². The van der Waals surface area contributed by atoms with Crippen molar-refractivity contribution in [3.63, 3.8) is 0 Å². The molecule has 0 spiro atoms. The molecule has 1 amide bonds. The Morgan fingerprint density at radius 3 is 2.42 bits per heavy atom. The lowest BCUT2D eigenvalue weighted by atomic mass is 9.98. The summed E-state index contributed by atoms with van der Waals surface area (Å²) in [6.07, 6.45) is 1.44. The zero-order chi connectivity index (χ0) is 14.4. The topological polar surface area (TPSA) is 66.4 Å². The van der Waals surface area contributed by atoms with Crippen LogP contribution in [0.5, 0.6) is 0 Å². The van der Waals surface area contributed by atoms with Crippen molar-refractivity contribution in [2.24, 2.45) is 5.92 Å². The second kappa shape index (κ2) is 6.92. The van der Waals surface area contributed by atoms with E-state index >= 15 is 0 Å². The second-order valence-electron chi connectivity index (χ2n) is 4.69. The Morgan fingerprint density at radius 1 is 1.26 bits per heavy atom. The van der Waals surface area contributed by atoms with E-state index in [1.165, 1.54) is 0 Å². The molecule has 1 aromatic rings. The van der Waals surface area contributed by atoms with Gasteiger partial charge in [0.1, 0.15) is 6.04 Å². The second-order valence-corrected chi connectivity index (χ2v) is 4.69. The first-order valence-corrected chi connectivity index (χ1v) is 6.62. The molecule has 0 aliphatic carbocycles. The molecule has 0 fully saturated rings. The molecule has 1 aromatic carbocycles. The first-order chi connectivity index (χ1) is 9.01. The number of carbonyl (C=O) groups excluding carboxylic acids is 1. The number of benzene rings is 1. The molecule has 2 atom stereocenters. The standard InChI is InChI=1S/C15H21NO3/c1-4-10(3)13(15(18)19)16-14(17)12-9-7-6-8-11(12)5-2/h6-10,13H,4-5H2,1-3H3,(H,16,17)(H,18,19). The Hall–Kier alpha value is -1.84. The third-order valence-electron chi connectivity index (χ3n) is 3.41. The van der Waals surface area contributed by atoms with Crippen molar-refractivity contribution < 1.29 is 14.7 Å². The van der Waals surface area contributed by atoms with E-state index in [-0.39, 0.29) is 11.8 Å². The average molecular weight is 263 g/mol. The summed E-state index contributed by atoms with van der Waals surface area (Å²) in [5, 5.41) is 11.8. The summed E-state index contributed by atoms with van der Waals surface area (Å²) in [4.78, 5) is 23.4. The minimum atomic E-state index is -0.989.